The number of anilines is 2. The van der Waals surface area contributed by atoms with Crippen molar-refractivity contribution in [2.24, 2.45) is 0 Å². The van der Waals surface area contributed by atoms with Crippen LogP contribution in [0.5, 0.6) is 11.5 Å². The fourth-order valence-corrected chi connectivity index (χ4v) is 2.62. The SMILES string of the molecule is COc1cc2c(cc1OC)CN(c1ccnc(N)n1)CC2. The standard InChI is InChI=1S/C15H18N4O2/c1-20-12-7-10-4-6-19(9-11(10)8-13(12)21-2)14-3-5-17-15(16)18-14/h3,5,7-8H,4,6,9H2,1-2H3,(H2,16,17,18). The lowest BCUT2D eigenvalue weighted by atomic mass is 9.99. The maximum absolute atomic E-state index is 5.66. The lowest BCUT2D eigenvalue weighted by Crippen LogP contribution is -2.31. The second-order valence-corrected chi connectivity index (χ2v) is 4.92. The van der Waals surface area contributed by atoms with Crippen LogP contribution >= 0.6 is 0 Å². The summed E-state index contributed by atoms with van der Waals surface area (Å²) in [5.74, 6) is 2.67. The number of hydrogen-bond donors (Lipinski definition) is 1. The van der Waals surface area contributed by atoms with Crippen molar-refractivity contribution in [2.45, 2.75) is 13.0 Å². The maximum Gasteiger partial charge on any atom is 0.221 e. The van der Waals surface area contributed by atoms with E-state index in [0.717, 1.165) is 36.8 Å². The highest BCUT2D eigenvalue weighted by atomic mass is 16.5. The summed E-state index contributed by atoms with van der Waals surface area (Å²) in [7, 11) is 3.30. The molecule has 1 aromatic heterocycles. The molecule has 0 atom stereocenters. The first-order valence-electron chi connectivity index (χ1n) is 6.78. The molecule has 3 rings (SSSR count). The molecular formula is C15H18N4O2. The fraction of sp³-hybridized carbons (Fsp3) is 0.333. The lowest BCUT2D eigenvalue weighted by Gasteiger charge is -2.30. The zero-order chi connectivity index (χ0) is 14.8. The summed E-state index contributed by atoms with van der Waals surface area (Å²) in [5, 5.41) is 0. The number of ether oxygens (including phenoxy) is 2. The zero-order valence-electron chi connectivity index (χ0n) is 12.2. The number of methoxy groups -OCH3 is 2. The molecule has 1 aliphatic rings. The topological polar surface area (TPSA) is 73.5 Å². The van der Waals surface area contributed by atoms with Crippen molar-refractivity contribution in [1.82, 2.24) is 9.97 Å². The van der Waals surface area contributed by atoms with Crippen LogP contribution in [0.25, 0.3) is 0 Å². The maximum atomic E-state index is 5.66. The Morgan fingerprint density at radius 3 is 2.52 bits per heavy atom. The van der Waals surface area contributed by atoms with Crippen molar-refractivity contribution in [1.29, 1.82) is 0 Å². The van der Waals surface area contributed by atoms with Gasteiger partial charge in [0.15, 0.2) is 11.5 Å². The van der Waals surface area contributed by atoms with E-state index in [2.05, 4.69) is 20.9 Å². The Morgan fingerprint density at radius 2 is 1.86 bits per heavy atom. The molecular weight excluding hydrogens is 268 g/mol. The van der Waals surface area contributed by atoms with E-state index in [9.17, 15) is 0 Å². The average Bonchev–Trinajstić information content (AvgIpc) is 2.53. The number of aromatic nitrogens is 2. The molecule has 0 saturated heterocycles. The Hall–Kier alpha value is -2.50. The third kappa shape index (κ3) is 2.56. The molecule has 6 nitrogen and oxygen atoms in total. The highest BCUT2D eigenvalue weighted by Crippen LogP contribution is 2.34. The quantitative estimate of drug-likeness (QED) is 0.924. The van der Waals surface area contributed by atoms with Gasteiger partial charge in [-0.2, -0.15) is 4.98 Å². The molecule has 2 heterocycles. The van der Waals surface area contributed by atoms with E-state index in [4.69, 9.17) is 15.2 Å². The Labute approximate surface area is 123 Å². The summed E-state index contributed by atoms with van der Waals surface area (Å²) in [5.41, 5.74) is 8.16. The number of hydrogen-bond acceptors (Lipinski definition) is 6. The summed E-state index contributed by atoms with van der Waals surface area (Å²) >= 11 is 0. The van der Waals surface area contributed by atoms with Crippen molar-refractivity contribution >= 4 is 11.8 Å². The summed E-state index contributed by atoms with van der Waals surface area (Å²) in [6.07, 6.45) is 2.61. The van der Waals surface area contributed by atoms with Gasteiger partial charge in [-0.05, 0) is 35.7 Å². The highest BCUT2D eigenvalue weighted by Gasteiger charge is 2.20. The molecule has 1 aliphatic heterocycles. The normalized spacial score (nSPS) is 13.7. The van der Waals surface area contributed by atoms with Crippen LogP contribution in [0.4, 0.5) is 11.8 Å². The molecule has 6 heteroatoms. The molecule has 0 amide bonds. The Kier molecular flexibility index (Phi) is 3.51. The van der Waals surface area contributed by atoms with Crippen LogP contribution in [0.3, 0.4) is 0 Å². The van der Waals surface area contributed by atoms with Crippen LogP contribution in [-0.2, 0) is 13.0 Å². The predicted octanol–water partition coefficient (Wildman–Crippen LogP) is 1.64. The van der Waals surface area contributed by atoms with Crippen LogP contribution in [0.15, 0.2) is 24.4 Å². The fourth-order valence-electron chi connectivity index (χ4n) is 2.62. The lowest BCUT2D eigenvalue weighted by molar-refractivity contribution is 0.353. The minimum absolute atomic E-state index is 0.297. The molecule has 0 bridgehead atoms. The summed E-state index contributed by atoms with van der Waals surface area (Å²) in [6.45, 7) is 1.66. The zero-order valence-corrected chi connectivity index (χ0v) is 12.2. The number of nitrogens with two attached hydrogens (primary N) is 1. The van der Waals surface area contributed by atoms with Gasteiger partial charge in [-0.1, -0.05) is 0 Å². The van der Waals surface area contributed by atoms with Gasteiger partial charge in [-0.25, -0.2) is 4.98 Å². The molecule has 0 unspecified atom stereocenters. The van der Waals surface area contributed by atoms with Crippen LogP contribution in [-0.4, -0.2) is 30.7 Å². The Morgan fingerprint density at radius 1 is 1.14 bits per heavy atom. The van der Waals surface area contributed by atoms with Crippen LogP contribution in [0.2, 0.25) is 0 Å². The molecule has 21 heavy (non-hydrogen) atoms. The van der Waals surface area contributed by atoms with E-state index in [1.165, 1.54) is 11.1 Å². The van der Waals surface area contributed by atoms with E-state index >= 15 is 0 Å². The Balaban J connectivity index is 1.91. The van der Waals surface area contributed by atoms with Crippen molar-refractivity contribution in [3.8, 4) is 11.5 Å². The van der Waals surface area contributed by atoms with E-state index < -0.39 is 0 Å². The van der Waals surface area contributed by atoms with Gasteiger partial charge in [0.25, 0.3) is 0 Å². The van der Waals surface area contributed by atoms with Crippen molar-refractivity contribution in [3.05, 3.63) is 35.5 Å². The van der Waals surface area contributed by atoms with Crippen molar-refractivity contribution in [3.63, 3.8) is 0 Å². The van der Waals surface area contributed by atoms with E-state index in [1.807, 2.05) is 12.1 Å². The predicted molar refractivity (Wildman–Crippen MR) is 80.7 cm³/mol. The molecule has 2 N–H and O–H groups in total. The third-order valence-electron chi connectivity index (χ3n) is 3.70. The van der Waals surface area contributed by atoms with Crippen LogP contribution < -0.4 is 20.1 Å². The number of rotatable bonds is 3. The molecule has 0 aliphatic carbocycles. The molecule has 2 aromatic rings. The second kappa shape index (κ2) is 5.47. The van der Waals surface area contributed by atoms with Gasteiger partial charge >= 0.3 is 0 Å². The van der Waals surface area contributed by atoms with E-state index in [-0.39, 0.29) is 0 Å². The molecule has 110 valence electrons. The van der Waals surface area contributed by atoms with Gasteiger partial charge in [0, 0.05) is 19.3 Å². The Bertz CT molecular complexity index is 660. The average molecular weight is 286 g/mol. The monoisotopic (exact) mass is 286 g/mol. The van der Waals surface area contributed by atoms with E-state index in [1.54, 1.807) is 20.4 Å². The van der Waals surface area contributed by atoms with Gasteiger partial charge in [0.05, 0.1) is 14.2 Å². The second-order valence-electron chi connectivity index (χ2n) is 4.92. The van der Waals surface area contributed by atoms with Gasteiger partial charge in [0.2, 0.25) is 5.95 Å². The van der Waals surface area contributed by atoms with Gasteiger partial charge in [-0.15, -0.1) is 0 Å². The molecule has 1 aromatic carbocycles. The largest absolute Gasteiger partial charge is 0.493 e. The number of benzene rings is 1. The minimum atomic E-state index is 0.297. The van der Waals surface area contributed by atoms with Crippen molar-refractivity contribution in [2.75, 3.05) is 31.4 Å². The van der Waals surface area contributed by atoms with Gasteiger partial charge < -0.3 is 20.1 Å². The van der Waals surface area contributed by atoms with Crippen molar-refractivity contribution < 1.29 is 9.47 Å². The van der Waals surface area contributed by atoms with E-state index in [0.29, 0.717) is 5.95 Å². The number of fused-ring (bicyclic) bond motifs is 1. The van der Waals surface area contributed by atoms with Crippen LogP contribution in [0.1, 0.15) is 11.1 Å². The minimum Gasteiger partial charge on any atom is -0.493 e. The number of nitrogens with zero attached hydrogens (tertiary/aromatic N) is 3. The molecule has 0 fully saturated rings. The first-order chi connectivity index (χ1) is 10.2. The first-order valence-corrected chi connectivity index (χ1v) is 6.78. The molecule has 0 spiro atoms. The molecule has 0 saturated carbocycles. The molecule has 0 radical (unpaired) electrons. The third-order valence-corrected chi connectivity index (χ3v) is 3.70. The number of nitrogen functional groups attached to an aromatic ring is 1. The van der Waals surface area contributed by atoms with Gasteiger partial charge in [0.1, 0.15) is 5.82 Å². The smallest absolute Gasteiger partial charge is 0.221 e. The highest BCUT2D eigenvalue weighted by molar-refractivity contribution is 5.52. The van der Waals surface area contributed by atoms with Crippen LogP contribution in [0, 0.1) is 0 Å². The summed E-state index contributed by atoms with van der Waals surface area (Å²) in [6, 6.07) is 5.97. The summed E-state index contributed by atoms with van der Waals surface area (Å²) in [4.78, 5) is 10.4. The van der Waals surface area contributed by atoms with Gasteiger partial charge in [-0.3, -0.25) is 0 Å². The first kappa shape index (κ1) is 13.5. The summed E-state index contributed by atoms with van der Waals surface area (Å²) < 4.78 is 10.7.